The van der Waals surface area contributed by atoms with Crippen LogP contribution in [0.4, 0.5) is 5.69 Å². The highest BCUT2D eigenvalue weighted by Gasteiger charge is 2.35. The zero-order valence-corrected chi connectivity index (χ0v) is 20.2. The molecule has 0 radical (unpaired) electrons. The summed E-state index contributed by atoms with van der Waals surface area (Å²) in [4.78, 5) is 26.7. The summed E-state index contributed by atoms with van der Waals surface area (Å²) in [6.45, 7) is 6.42. The van der Waals surface area contributed by atoms with Crippen LogP contribution in [0.1, 0.15) is 64.9 Å². The zero-order valence-electron chi connectivity index (χ0n) is 19.3. The largest absolute Gasteiger partial charge is 0.353 e. The first-order valence-corrected chi connectivity index (χ1v) is 13.4. The molecule has 176 valence electrons. The van der Waals surface area contributed by atoms with E-state index in [1.165, 1.54) is 17.6 Å². The molecule has 1 N–H and O–H groups in total. The highest BCUT2D eigenvalue weighted by Crippen LogP contribution is 2.35. The number of anilines is 1. The predicted molar refractivity (Wildman–Crippen MR) is 124 cm³/mol. The SMILES string of the molecule is CC(=O)N1c2ccc(S(=O)(=O)N3CCC(C(=O)N[C@@H]4CCCC[C@H]4C)CC3)cc2C[C@@H]1C. The van der Waals surface area contributed by atoms with Gasteiger partial charge in [0.2, 0.25) is 21.8 Å². The van der Waals surface area contributed by atoms with Gasteiger partial charge in [0.15, 0.2) is 0 Å². The molecular formula is C24H35N3O4S. The standard InChI is InChI=1S/C24H35N3O4S/c1-16-6-4-5-7-22(16)25-24(29)19-10-12-26(13-11-19)32(30,31)21-8-9-23-20(15-21)14-17(2)27(23)18(3)28/h8-9,15-17,19,22H,4-7,10-14H2,1-3H3,(H,25,29)/t16-,17+,22-/m1/s1. The molecule has 0 unspecified atom stereocenters. The summed E-state index contributed by atoms with van der Waals surface area (Å²) < 4.78 is 28.0. The maximum Gasteiger partial charge on any atom is 0.243 e. The number of amides is 2. The molecule has 1 aromatic rings. The molecule has 0 bridgehead atoms. The van der Waals surface area contributed by atoms with Crippen molar-refractivity contribution in [1.82, 2.24) is 9.62 Å². The monoisotopic (exact) mass is 461 g/mol. The van der Waals surface area contributed by atoms with Crippen molar-refractivity contribution in [2.45, 2.75) is 82.7 Å². The molecule has 3 atom stereocenters. The van der Waals surface area contributed by atoms with E-state index in [-0.39, 0.29) is 34.7 Å². The van der Waals surface area contributed by atoms with Crippen LogP contribution in [-0.4, -0.2) is 49.7 Å². The Hall–Kier alpha value is -1.93. The molecule has 1 saturated carbocycles. The molecule has 0 aromatic heterocycles. The maximum absolute atomic E-state index is 13.3. The average Bonchev–Trinajstić information content (AvgIpc) is 3.10. The zero-order chi connectivity index (χ0) is 23.0. The lowest BCUT2D eigenvalue weighted by atomic mass is 9.85. The van der Waals surface area contributed by atoms with E-state index in [1.54, 1.807) is 23.1 Å². The van der Waals surface area contributed by atoms with E-state index < -0.39 is 10.0 Å². The highest BCUT2D eigenvalue weighted by atomic mass is 32.2. The van der Waals surface area contributed by atoms with Gasteiger partial charge in [-0.3, -0.25) is 9.59 Å². The van der Waals surface area contributed by atoms with Crippen molar-refractivity contribution < 1.29 is 18.0 Å². The van der Waals surface area contributed by atoms with Crippen molar-refractivity contribution in [1.29, 1.82) is 0 Å². The van der Waals surface area contributed by atoms with Crippen LogP contribution >= 0.6 is 0 Å². The summed E-state index contributed by atoms with van der Waals surface area (Å²) in [5.74, 6) is 0.432. The van der Waals surface area contributed by atoms with Crippen LogP contribution in [0.15, 0.2) is 23.1 Å². The second kappa shape index (κ2) is 9.14. The summed E-state index contributed by atoms with van der Waals surface area (Å²) in [6.07, 6.45) is 6.34. The van der Waals surface area contributed by atoms with Crippen molar-refractivity contribution in [3.05, 3.63) is 23.8 Å². The first-order chi connectivity index (χ1) is 15.2. The number of carbonyl (C=O) groups excluding carboxylic acids is 2. The van der Waals surface area contributed by atoms with E-state index >= 15 is 0 Å². The highest BCUT2D eigenvalue weighted by molar-refractivity contribution is 7.89. The quantitative estimate of drug-likeness (QED) is 0.747. The number of carbonyl (C=O) groups is 2. The average molecular weight is 462 g/mol. The Morgan fingerprint density at radius 2 is 1.72 bits per heavy atom. The van der Waals surface area contributed by atoms with Gasteiger partial charge in [0, 0.05) is 43.7 Å². The summed E-state index contributed by atoms with van der Waals surface area (Å²) in [7, 11) is -3.63. The number of nitrogens with zero attached hydrogens (tertiary/aromatic N) is 2. The molecular weight excluding hydrogens is 426 g/mol. The fourth-order valence-corrected chi connectivity index (χ4v) is 7.11. The first-order valence-electron chi connectivity index (χ1n) is 11.9. The molecule has 1 saturated heterocycles. The van der Waals surface area contributed by atoms with Crippen LogP contribution < -0.4 is 10.2 Å². The van der Waals surface area contributed by atoms with Crippen LogP contribution in [-0.2, 0) is 26.0 Å². The Balaban J connectivity index is 1.40. The van der Waals surface area contributed by atoms with Crippen molar-refractivity contribution in [3.63, 3.8) is 0 Å². The second-order valence-electron chi connectivity index (χ2n) is 9.79. The minimum atomic E-state index is -3.63. The van der Waals surface area contributed by atoms with Crippen molar-refractivity contribution in [2.75, 3.05) is 18.0 Å². The van der Waals surface area contributed by atoms with Crippen LogP contribution in [0.25, 0.3) is 0 Å². The van der Waals surface area contributed by atoms with E-state index in [1.807, 2.05) is 6.92 Å². The van der Waals surface area contributed by atoms with Crippen LogP contribution in [0.3, 0.4) is 0 Å². The van der Waals surface area contributed by atoms with E-state index in [0.29, 0.717) is 38.3 Å². The third kappa shape index (κ3) is 4.44. The fraction of sp³-hybridized carbons (Fsp3) is 0.667. The Bertz CT molecular complexity index is 985. The Morgan fingerprint density at radius 1 is 1.03 bits per heavy atom. The molecule has 3 aliphatic rings. The normalized spacial score (nSPS) is 27.2. The molecule has 32 heavy (non-hydrogen) atoms. The molecule has 4 rings (SSSR count). The fourth-order valence-electron chi connectivity index (χ4n) is 5.59. The van der Waals surface area contributed by atoms with Gasteiger partial charge >= 0.3 is 0 Å². The van der Waals surface area contributed by atoms with Crippen LogP contribution in [0.5, 0.6) is 0 Å². The minimum absolute atomic E-state index is 0.0293. The van der Waals surface area contributed by atoms with Crippen molar-refractivity contribution in [2.24, 2.45) is 11.8 Å². The number of sulfonamides is 1. The number of fused-ring (bicyclic) bond motifs is 1. The summed E-state index contributed by atoms with van der Waals surface area (Å²) in [5.41, 5.74) is 1.70. The Morgan fingerprint density at radius 3 is 2.38 bits per heavy atom. The van der Waals surface area contributed by atoms with Gasteiger partial charge in [0.1, 0.15) is 0 Å². The van der Waals surface area contributed by atoms with Gasteiger partial charge < -0.3 is 10.2 Å². The van der Waals surface area contributed by atoms with Crippen molar-refractivity contribution >= 4 is 27.5 Å². The van der Waals surface area contributed by atoms with Gasteiger partial charge in [-0.05, 0) is 68.7 Å². The van der Waals surface area contributed by atoms with E-state index in [2.05, 4.69) is 12.2 Å². The van der Waals surface area contributed by atoms with Gasteiger partial charge in [0.25, 0.3) is 0 Å². The van der Waals surface area contributed by atoms with Gasteiger partial charge in [0.05, 0.1) is 4.90 Å². The van der Waals surface area contributed by atoms with Gasteiger partial charge in [-0.15, -0.1) is 0 Å². The molecule has 8 heteroatoms. The second-order valence-corrected chi connectivity index (χ2v) is 11.7. The van der Waals surface area contributed by atoms with E-state index in [0.717, 1.165) is 30.5 Å². The maximum atomic E-state index is 13.3. The lowest BCUT2D eigenvalue weighted by molar-refractivity contribution is -0.127. The van der Waals surface area contributed by atoms with E-state index in [4.69, 9.17) is 0 Å². The third-order valence-electron chi connectivity index (χ3n) is 7.51. The van der Waals surface area contributed by atoms with Gasteiger partial charge in [-0.2, -0.15) is 4.31 Å². The molecule has 7 nitrogen and oxygen atoms in total. The first kappa shape index (κ1) is 23.2. The number of hydrogen-bond donors (Lipinski definition) is 1. The lowest BCUT2D eigenvalue weighted by Crippen LogP contribution is -2.47. The Labute approximate surface area is 191 Å². The van der Waals surface area contributed by atoms with Gasteiger partial charge in [-0.25, -0.2) is 8.42 Å². The number of benzene rings is 1. The lowest BCUT2D eigenvalue weighted by Gasteiger charge is -2.34. The van der Waals surface area contributed by atoms with Crippen LogP contribution in [0, 0.1) is 11.8 Å². The number of piperidine rings is 1. The molecule has 2 aliphatic heterocycles. The number of nitrogens with one attached hydrogen (secondary N) is 1. The third-order valence-corrected chi connectivity index (χ3v) is 9.40. The molecule has 2 heterocycles. The molecule has 2 amide bonds. The molecule has 1 aliphatic carbocycles. The van der Waals surface area contributed by atoms with E-state index in [9.17, 15) is 18.0 Å². The number of rotatable bonds is 4. The minimum Gasteiger partial charge on any atom is -0.353 e. The van der Waals surface area contributed by atoms with Gasteiger partial charge in [-0.1, -0.05) is 19.8 Å². The smallest absolute Gasteiger partial charge is 0.243 e. The Kier molecular flexibility index (Phi) is 6.63. The topological polar surface area (TPSA) is 86.8 Å². The summed E-state index contributed by atoms with van der Waals surface area (Å²) in [5, 5.41) is 3.23. The van der Waals surface area contributed by atoms with Crippen LogP contribution in [0.2, 0.25) is 0 Å². The predicted octanol–water partition coefficient (Wildman–Crippen LogP) is 3.08. The molecule has 2 fully saturated rings. The summed E-state index contributed by atoms with van der Waals surface area (Å²) >= 11 is 0. The number of hydrogen-bond acceptors (Lipinski definition) is 4. The summed E-state index contributed by atoms with van der Waals surface area (Å²) in [6, 6.07) is 5.35. The molecule has 1 aromatic carbocycles. The van der Waals surface area contributed by atoms with Crippen molar-refractivity contribution in [3.8, 4) is 0 Å². The molecule has 0 spiro atoms.